The molecule has 0 unspecified atom stereocenters. The molecular formula is C23H23F3N2O3S. The second kappa shape index (κ2) is 8.37. The van der Waals surface area contributed by atoms with Gasteiger partial charge in [-0.15, -0.1) is 0 Å². The van der Waals surface area contributed by atoms with Crippen molar-refractivity contribution < 1.29 is 21.6 Å². The number of alkyl halides is 3. The van der Waals surface area contributed by atoms with Crippen LogP contribution in [0.25, 0.3) is 10.9 Å². The maximum absolute atomic E-state index is 13.4. The number of H-pyrrole nitrogens is 1. The van der Waals surface area contributed by atoms with E-state index >= 15 is 0 Å². The minimum atomic E-state index is -4.65. The van der Waals surface area contributed by atoms with E-state index in [0.29, 0.717) is 37.1 Å². The van der Waals surface area contributed by atoms with E-state index in [4.69, 9.17) is 0 Å². The number of fused-ring (bicyclic) bond motifs is 1. The lowest BCUT2D eigenvalue weighted by Crippen LogP contribution is -2.37. The number of halogens is 3. The number of pyridine rings is 1. The van der Waals surface area contributed by atoms with Gasteiger partial charge in [0.2, 0.25) is 15.6 Å². The number of nitrogens with one attached hydrogen (secondary N) is 1. The first-order valence-corrected chi connectivity index (χ1v) is 11.8. The van der Waals surface area contributed by atoms with E-state index in [1.54, 1.807) is 30.3 Å². The molecule has 1 aliphatic heterocycles. The fourth-order valence-electron chi connectivity index (χ4n) is 4.03. The molecular weight excluding hydrogens is 441 g/mol. The quantitative estimate of drug-likeness (QED) is 0.616. The summed E-state index contributed by atoms with van der Waals surface area (Å²) in [5.41, 5.74) is -0.275. The third-order valence-electron chi connectivity index (χ3n) is 5.92. The molecule has 1 aromatic heterocycles. The zero-order chi connectivity index (χ0) is 23.1. The Morgan fingerprint density at radius 3 is 2.25 bits per heavy atom. The molecule has 0 aliphatic carbocycles. The Labute approximate surface area is 183 Å². The highest BCUT2D eigenvalue weighted by Crippen LogP contribution is 2.34. The molecule has 2 heterocycles. The number of sulfonamides is 1. The molecule has 0 spiro atoms. The average Bonchev–Trinajstić information content (AvgIpc) is 2.73. The van der Waals surface area contributed by atoms with Crippen molar-refractivity contribution in [2.45, 2.75) is 37.3 Å². The number of rotatable bonds is 4. The number of nitrogens with zero attached hydrogens (tertiary/aromatic N) is 1. The minimum Gasteiger partial charge on any atom is -0.322 e. The Balaban J connectivity index is 1.58. The monoisotopic (exact) mass is 464 g/mol. The van der Waals surface area contributed by atoms with E-state index in [1.807, 2.05) is 0 Å². The van der Waals surface area contributed by atoms with Gasteiger partial charge in [0.1, 0.15) is 0 Å². The van der Waals surface area contributed by atoms with E-state index in [1.165, 1.54) is 16.4 Å². The standard InChI is InChI=1S/C23H23F3N2O3S/c1-15-8-10-28(11-9-15)32(30,31)18-5-2-16(3-6-18)12-17-4-7-21-19(13-17)20(23(24,25)26)14-22(29)27-21/h2-7,13-15H,8-12H2,1H3,(H,27,29). The van der Waals surface area contributed by atoms with Gasteiger partial charge >= 0.3 is 6.18 Å². The summed E-state index contributed by atoms with van der Waals surface area (Å²) >= 11 is 0. The molecule has 0 atom stereocenters. The van der Waals surface area contributed by atoms with Crippen molar-refractivity contribution in [3.63, 3.8) is 0 Å². The summed E-state index contributed by atoms with van der Waals surface area (Å²) in [6, 6.07) is 11.5. The van der Waals surface area contributed by atoms with Gasteiger partial charge in [-0.1, -0.05) is 25.1 Å². The lowest BCUT2D eigenvalue weighted by atomic mass is 10.0. The second-order valence-corrected chi connectivity index (χ2v) is 10.3. The maximum atomic E-state index is 13.4. The van der Waals surface area contributed by atoms with Crippen molar-refractivity contribution in [3.8, 4) is 0 Å². The highest BCUT2D eigenvalue weighted by atomic mass is 32.2. The van der Waals surface area contributed by atoms with Crippen LogP contribution < -0.4 is 5.56 Å². The SMILES string of the molecule is CC1CCN(S(=O)(=O)c2ccc(Cc3ccc4[nH]c(=O)cc(C(F)(F)F)c4c3)cc2)CC1. The number of aromatic amines is 1. The van der Waals surface area contributed by atoms with Crippen molar-refractivity contribution in [3.05, 3.63) is 75.6 Å². The van der Waals surface area contributed by atoms with Crippen LogP contribution in [0.4, 0.5) is 13.2 Å². The van der Waals surface area contributed by atoms with Crippen molar-refractivity contribution in [2.24, 2.45) is 5.92 Å². The van der Waals surface area contributed by atoms with Gasteiger partial charge in [0.15, 0.2) is 0 Å². The van der Waals surface area contributed by atoms with Crippen LogP contribution in [0.2, 0.25) is 0 Å². The van der Waals surface area contributed by atoms with Crippen LogP contribution in [0.3, 0.4) is 0 Å². The fourth-order valence-corrected chi connectivity index (χ4v) is 5.50. The van der Waals surface area contributed by atoms with Gasteiger partial charge in [-0.25, -0.2) is 8.42 Å². The maximum Gasteiger partial charge on any atom is 0.417 e. The summed E-state index contributed by atoms with van der Waals surface area (Å²) in [6.45, 7) is 3.12. The topological polar surface area (TPSA) is 70.2 Å². The Morgan fingerprint density at radius 2 is 1.62 bits per heavy atom. The summed E-state index contributed by atoms with van der Waals surface area (Å²) < 4.78 is 67.3. The minimum absolute atomic E-state index is 0.0758. The van der Waals surface area contributed by atoms with Crippen LogP contribution in [0.15, 0.2) is 58.2 Å². The van der Waals surface area contributed by atoms with Crippen LogP contribution in [0.1, 0.15) is 36.5 Å². The number of aromatic nitrogens is 1. The Morgan fingerprint density at radius 1 is 1.00 bits per heavy atom. The molecule has 5 nitrogen and oxygen atoms in total. The number of benzene rings is 2. The van der Waals surface area contributed by atoms with Crippen molar-refractivity contribution >= 4 is 20.9 Å². The fraction of sp³-hybridized carbons (Fsp3) is 0.348. The van der Waals surface area contributed by atoms with E-state index < -0.39 is 27.3 Å². The molecule has 9 heteroatoms. The predicted octanol–water partition coefficient (Wildman–Crippen LogP) is 4.56. The summed E-state index contributed by atoms with van der Waals surface area (Å²) in [4.78, 5) is 14.2. The van der Waals surface area contributed by atoms with Crippen LogP contribution in [0.5, 0.6) is 0 Å². The van der Waals surface area contributed by atoms with Gasteiger partial charge in [-0.3, -0.25) is 4.79 Å². The number of hydrogen-bond donors (Lipinski definition) is 1. The first-order chi connectivity index (χ1) is 15.0. The molecule has 0 saturated carbocycles. The molecule has 1 saturated heterocycles. The lowest BCUT2D eigenvalue weighted by Gasteiger charge is -2.29. The average molecular weight is 465 g/mol. The van der Waals surface area contributed by atoms with Crippen molar-refractivity contribution in [2.75, 3.05) is 13.1 Å². The van der Waals surface area contributed by atoms with Crippen LogP contribution in [-0.2, 0) is 22.6 Å². The lowest BCUT2D eigenvalue weighted by molar-refractivity contribution is -0.136. The molecule has 0 bridgehead atoms. The van der Waals surface area contributed by atoms with Gasteiger partial charge < -0.3 is 4.98 Å². The van der Waals surface area contributed by atoms with Gasteiger partial charge in [0.05, 0.1) is 10.5 Å². The number of hydrogen-bond acceptors (Lipinski definition) is 3. The molecule has 1 aliphatic rings. The van der Waals surface area contributed by atoms with Crippen LogP contribution >= 0.6 is 0 Å². The number of piperidine rings is 1. The zero-order valence-electron chi connectivity index (χ0n) is 17.4. The van der Waals surface area contributed by atoms with Gasteiger partial charge in [-0.2, -0.15) is 17.5 Å². The zero-order valence-corrected chi connectivity index (χ0v) is 18.3. The van der Waals surface area contributed by atoms with E-state index in [-0.39, 0.29) is 15.8 Å². The molecule has 1 fully saturated rings. The van der Waals surface area contributed by atoms with Gasteiger partial charge in [-0.05, 0) is 60.6 Å². The Kier molecular flexibility index (Phi) is 5.89. The molecule has 1 N–H and O–H groups in total. The molecule has 0 radical (unpaired) electrons. The molecule has 2 aromatic carbocycles. The first kappa shape index (κ1) is 22.5. The third kappa shape index (κ3) is 4.59. The molecule has 4 rings (SSSR count). The highest BCUT2D eigenvalue weighted by molar-refractivity contribution is 7.89. The van der Waals surface area contributed by atoms with Crippen LogP contribution in [-0.4, -0.2) is 30.8 Å². The predicted molar refractivity (Wildman–Crippen MR) is 116 cm³/mol. The largest absolute Gasteiger partial charge is 0.417 e. The summed E-state index contributed by atoms with van der Waals surface area (Å²) in [5.74, 6) is 0.515. The van der Waals surface area contributed by atoms with Crippen LogP contribution in [0, 0.1) is 5.92 Å². The Hall–Kier alpha value is -2.65. The summed E-state index contributed by atoms with van der Waals surface area (Å²) in [5, 5.41) is -0.0758. The van der Waals surface area contributed by atoms with Crippen molar-refractivity contribution in [1.29, 1.82) is 0 Å². The molecule has 170 valence electrons. The molecule has 3 aromatic rings. The first-order valence-electron chi connectivity index (χ1n) is 10.4. The summed E-state index contributed by atoms with van der Waals surface area (Å²) in [6.07, 6.45) is -2.64. The Bertz CT molecular complexity index is 1290. The molecule has 32 heavy (non-hydrogen) atoms. The highest BCUT2D eigenvalue weighted by Gasteiger charge is 2.33. The van der Waals surface area contributed by atoms with Gasteiger partial charge in [0, 0.05) is 30.1 Å². The normalized spacial score (nSPS) is 16.5. The van der Waals surface area contributed by atoms with Crippen molar-refractivity contribution in [1.82, 2.24) is 9.29 Å². The molecule has 0 amide bonds. The van der Waals surface area contributed by atoms with E-state index in [2.05, 4.69) is 11.9 Å². The van der Waals surface area contributed by atoms with E-state index in [9.17, 15) is 26.4 Å². The third-order valence-corrected chi connectivity index (χ3v) is 7.84. The second-order valence-electron chi connectivity index (χ2n) is 8.33. The summed E-state index contributed by atoms with van der Waals surface area (Å²) in [7, 11) is -3.56. The smallest absolute Gasteiger partial charge is 0.322 e. The van der Waals surface area contributed by atoms with Gasteiger partial charge in [0.25, 0.3) is 0 Å². The van der Waals surface area contributed by atoms with E-state index in [0.717, 1.165) is 18.4 Å².